The van der Waals surface area contributed by atoms with E-state index >= 15 is 0 Å². The zero-order valence-electron chi connectivity index (χ0n) is 12.5. The molecule has 0 saturated carbocycles. The molecule has 2 rings (SSSR count). The topological polar surface area (TPSA) is 47.7 Å². The van der Waals surface area contributed by atoms with Gasteiger partial charge in [0.15, 0.2) is 0 Å². The summed E-state index contributed by atoms with van der Waals surface area (Å²) in [5, 5.41) is 0. The SMILES string of the molecule is CCC1COCCN1C(CN)c1ccccc1COC. The second kappa shape index (κ2) is 7.74. The van der Waals surface area contributed by atoms with Crippen molar-refractivity contribution in [3.05, 3.63) is 35.4 Å². The molecule has 1 aromatic rings. The van der Waals surface area contributed by atoms with Gasteiger partial charge in [-0.25, -0.2) is 0 Å². The van der Waals surface area contributed by atoms with Crippen molar-refractivity contribution in [2.75, 3.05) is 33.4 Å². The third-order valence-electron chi connectivity index (χ3n) is 4.08. The number of rotatable bonds is 6. The summed E-state index contributed by atoms with van der Waals surface area (Å²) in [6.07, 6.45) is 1.09. The molecule has 2 atom stereocenters. The molecule has 0 bridgehead atoms. The van der Waals surface area contributed by atoms with Crippen LogP contribution in [0.5, 0.6) is 0 Å². The van der Waals surface area contributed by atoms with Gasteiger partial charge in [0.25, 0.3) is 0 Å². The fourth-order valence-electron chi connectivity index (χ4n) is 3.02. The van der Waals surface area contributed by atoms with Gasteiger partial charge in [0.2, 0.25) is 0 Å². The van der Waals surface area contributed by atoms with Crippen LogP contribution in [0.1, 0.15) is 30.5 Å². The Balaban J connectivity index is 2.26. The first kappa shape index (κ1) is 15.4. The molecule has 2 unspecified atom stereocenters. The first-order valence-corrected chi connectivity index (χ1v) is 7.42. The molecule has 1 heterocycles. The fraction of sp³-hybridized carbons (Fsp3) is 0.625. The van der Waals surface area contributed by atoms with Crippen molar-refractivity contribution >= 4 is 0 Å². The van der Waals surface area contributed by atoms with Gasteiger partial charge in [0, 0.05) is 32.3 Å². The lowest BCUT2D eigenvalue weighted by atomic mass is 9.97. The highest BCUT2D eigenvalue weighted by Crippen LogP contribution is 2.28. The van der Waals surface area contributed by atoms with Crippen LogP contribution in [0.2, 0.25) is 0 Å². The van der Waals surface area contributed by atoms with Crippen molar-refractivity contribution in [2.24, 2.45) is 5.73 Å². The van der Waals surface area contributed by atoms with Gasteiger partial charge in [-0.15, -0.1) is 0 Å². The number of benzene rings is 1. The van der Waals surface area contributed by atoms with Crippen LogP contribution in [-0.2, 0) is 16.1 Å². The van der Waals surface area contributed by atoms with E-state index in [2.05, 4.69) is 36.1 Å². The number of hydrogen-bond acceptors (Lipinski definition) is 4. The van der Waals surface area contributed by atoms with E-state index in [1.807, 2.05) is 0 Å². The van der Waals surface area contributed by atoms with E-state index in [9.17, 15) is 0 Å². The molecule has 4 heteroatoms. The summed E-state index contributed by atoms with van der Waals surface area (Å²) < 4.78 is 10.9. The van der Waals surface area contributed by atoms with Crippen LogP contribution in [0.25, 0.3) is 0 Å². The molecule has 0 aromatic heterocycles. The molecular formula is C16H26N2O2. The first-order chi connectivity index (χ1) is 9.81. The molecule has 0 spiro atoms. The Hall–Kier alpha value is -0.940. The smallest absolute Gasteiger partial charge is 0.0716 e. The van der Waals surface area contributed by atoms with Gasteiger partial charge in [-0.3, -0.25) is 4.90 Å². The van der Waals surface area contributed by atoms with Crippen molar-refractivity contribution in [2.45, 2.75) is 32.0 Å². The highest BCUT2D eigenvalue weighted by atomic mass is 16.5. The second-order valence-corrected chi connectivity index (χ2v) is 5.26. The maximum Gasteiger partial charge on any atom is 0.0716 e. The first-order valence-electron chi connectivity index (χ1n) is 7.42. The van der Waals surface area contributed by atoms with Crippen molar-refractivity contribution in [1.29, 1.82) is 0 Å². The molecule has 0 amide bonds. The average molecular weight is 278 g/mol. The standard InChI is InChI=1S/C16H26N2O2/c1-3-14-12-20-9-8-18(14)16(10-17)15-7-5-4-6-13(15)11-19-2/h4-7,14,16H,3,8-12,17H2,1-2H3. The number of morpholine rings is 1. The number of hydrogen-bond donors (Lipinski definition) is 1. The Kier molecular flexibility index (Phi) is 5.98. The maximum atomic E-state index is 6.09. The minimum atomic E-state index is 0.246. The Bertz CT molecular complexity index is 411. The minimum Gasteiger partial charge on any atom is -0.380 e. The van der Waals surface area contributed by atoms with E-state index in [4.69, 9.17) is 15.2 Å². The number of nitrogens with two attached hydrogens (primary N) is 1. The lowest BCUT2D eigenvalue weighted by Gasteiger charge is -2.41. The van der Waals surface area contributed by atoms with Crippen molar-refractivity contribution in [3.63, 3.8) is 0 Å². The molecule has 1 aromatic carbocycles. The Morgan fingerprint density at radius 1 is 1.45 bits per heavy atom. The summed E-state index contributed by atoms with van der Waals surface area (Å²) >= 11 is 0. The largest absolute Gasteiger partial charge is 0.380 e. The maximum absolute atomic E-state index is 6.09. The van der Waals surface area contributed by atoms with Gasteiger partial charge < -0.3 is 15.2 Å². The molecule has 1 aliphatic heterocycles. The number of nitrogens with zero attached hydrogens (tertiary/aromatic N) is 1. The summed E-state index contributed by atoms with van der Waals surface area (Å²) in [5.41, 5.74) is 8.61. The summed E-state index contributed by atoms with van der Waals surface area (Å²) in [5.74, 6) is 0. The molecule has 1 aliphatic rings. The van der Waals surface area contributed by atoms with E-state index < -0.39 is 0 Å². The molecule has 0 aliphatic carbocycles. The van der Waals surface area contributed by atoms with Crippen molar-refractivity contribution in [3.8, 4) is 0 Å². The zero-order valence-corrected chi connectivity index (χ0v) is 12.5. The number of methoxy groups -OCH3 is 1. The molecule has 1 saturated heterocycles. The van der Waals surface area contributed by atoms with E-state index in [0.717, 1.165) is 26.2 Å². The van der Waals surface area contributed by atoms with Crippen LogP contribution in [-0.4, -0.2) is 44.4 Å². The van der Waals surface area contributed by atoms with Crippen LogP contribution in [0, 0.1) is 0 Å². The Morgan fingerprint density at radius 2 is 2.25 bits per heavy atom. The molecule has 0 radical (unpaired) electrons. The van der Waals surface area contributed by atoms with Crippen LogP contribution in [0.15, 0.2) is 24.3 Å². The normalized spacial score (nSPS) is 21.9. The van der Waals surface area contributed by atoms with E-state index in [-0.39, 0.29) is 6.04 Å². The molecular weight excluding hydrogens is 252 g/mol. The molecule has 112 valence electrons. The van der Waals surface area contributed by atoms with Crippen LogP contribution < -0.4 is 5.73 Å². The Labute approximate surface area is 121 Å². The van der Waals surface area contributed by atoms with Crippen molar-refractivity contribution < 1.29 is 9.47 Å². The predicted molar refractivity (Wildman–Crippen MR) is 80.6 cm³/mol. The molecule has 2 N–H and O–H groups in total. The third-order valence-corrected chi connectivity index (χ3v) is 4.08. The summed E-state index contributed by atoms with van der Waals surface area (Å²) in [4.78, 5) is 2.50. The Morgan fingerprint density at radius 3 is 2.95 bits per heavy atom. The van der Waals surface area contributed by atoms with Gasteiger partial charge in [-0.2, -0.15) is 0 Å². The molecule has 20 heavy (non-hydrogen) atoms. The predicted octanol–water partition coefficient (Wildman–Crippen LogP) is 1.94. The van der Waals surface area contributed by atoms with Crippen LogP contribution >= 0.6 is 0 Å². The monoisotopic (exact) mass is 278 g/mol. The van der Waals surface area contributed by atoms with Crippen molar-refractivity contribution in [1.82, 2.24) is 4.90 Å². The van der Waals surface area contributed by atoms with Gasteiger partial charge in [0.1, 0.15) is 0 Å². The lowest BCUT2D eigenvalue weighted by molar-refractivity contribution is -0.0294. The second-order valence-electron chi connectivity index (χ2n) is 5.26. The van der Waals surface area contributed by atoms with Gasteiger partial charge in [-0.1, -0.05) is 31.2 Å². The summed E-state index contributed by atoms with van der Waals surface area (Å²) in [6, 6.07) is 9.14. The highest BCUT2D eigenvalue weighted by Gasteiger charge is 2.29. The summed E-state index contributed by atoms with van der Waals surface area (Å²) in [7, 11) is 1.73. The average Bonchev–Trinajstić information content (AvgIpc) is 2.50. The van der Waals surface area contributed by atoms with Gasteiger partial charge in [0.05, 0.1) is 19.8 Å². The molecule has 4 nitrogen and oxygen atoms in total. The third kappa shape index (κ3) is 3.38. The van der Waals surface area contributed by atoms with Gasteiger partial charge in [-0.05, 0) is 17.5 Å². The quantitative estimate of drug-likeness (QED) is 0.864. The zero-order chi connectivity index (χ0) is 14.4. The minimum absolute atomic E-state index is 0.246. The van der Waals surface area contributed by atoms with Crippen LogP contribution in [0.3, 0.4) is 0 Å². The van der Waals surface area contributed by atoms with E-state index in [1.165, 1.54) is 11.1 Å². The molecule has 1 fully saturated rings. The van der Waals surface area contributed by atoms with E-state index in [1.54, 1.807) is 7.11 Å². The van der Waals surface area contributed by atoms with Gasteiger partial charge >= 0.3 is 0 Å². The fourth-order valence-corrected chi connectivity index (χ4v) is 3.02. The number of ether oxygens (including phenoxy) is 2. The lowest BCUT2D eigenvalue weighted by Crippen LogP contribution is -2.49. The van der Waals surface area contributed by atoms with E-state index in [0.29, 0.717) is 19.2 Å². The highest BCUT2D eigenvalue weighted by molar-refractivity contribution is 5.30. The van der Waals surface area contributed by atoms with Crippen LogP contribution in [0.4, 0.5) is 0 Å². The summed E-state index contributed by atoms with van der Waals surface area (Å²) in [6.45, 7) is 6.01.